The van der Waals surface area contributed by atoms with Gasteiger partial charge in [0.25, 0.3) is 0 Å². The summed E-state index contributed by atoms with van der Waals surface area (Å²) in [5.41, 5.74) is 5.31. The molecule has 0 aromatic rings. The normalized spacial score (nSPS) is 15.1. The van der Waals surface area contributed by atoms with Gasteiger partial charge in [-0.2, -0.15) is 0 Å². The molecule has 0 rings (SSSR count). The minimum absolute atomic E-state index is 0.106. The number of carbonyl (C=O) groups is 3. The Morgan fingerprint density at radius 1 is 0.673 bits per heavy atom. The fourth-order valence-corrected chi connectivity index (χ4v) is 5.60. The second kappa shape index (κ2) is 36.5. The molecule has 0 aliphatic rings. The van der Waals surface area contributed by atoms with Crippen molar-refractivity contribution < 1.29 is 52.6 Å². The summed E-state index contributed by atoms with van der Waals surface area (Å²) in [4.78, 5) is 45.8. The Morgan fingerprint density at radius 3 is 1.96 bits per heavy atom. The zero-order valence-electron chi connectivity index (χ0n) is 33.3. The van der Waals surface area contributed by atoms with Gasteiger partial charge in [0.2, 0.25) is 0 Å². The summed E-state index contributed by atoms with van der Waals surface area (Å²) >= 11 is 0. The quantitative estimate of drug-likeness (QED) is 0.0155. The Bertz CT molecular complexity index is 1230. The van der Waals surface area contributed by atoms with Crippen LogP contribution in [0.25, 0.3) is 0 Å². The third kappa shape index (κ3) is 36.3. The number of aliphatic hydroxyl groups excluding tert-OH is 1. The van der Waals surface area contributed by atoms with Gasteiger partial charge in [0.15, 0.2) is 6.10 Å². The van der Waals surface area contributed by atoms with E-state index in [2.05, 4.69) is 42.7 Å². The molecule has 0 spiro atoms. The van der Waals surface area contributed by atoms with E-state index in [1.165, 1.54) is 25.7 Å². The third-order valence-corrected chi connectivity index (χ3v) is 8.97. The Labute approximate surface area is 330 Å². The number of unbranched alkanes of at least 4 members (excludes halogenated alkanes) is 10. The van der Waals surface area contributed by atoms with Gasteiger partial charge < -0.3 is 30.3 Å². The third-order valence-electron chi connectivity index (χ3n) is 8.02. The molecule has 0 saturated carbocycles. The number of aliphatic hydroxyl groups is 1. The van der Waals surface area contributed by atoms with E-state index >= 15 is 0 Å². The molecule has 13 heteroatoms. The summed E-state index contributed by atoms with van der Waals surface area (Å²) in [5, 5.41) is 18.9. The second-order valence-electron chi connectivity index (χ2n) is 13.2. The first-order valence-corrected chi connectivity index (χ1v) is 21.6. The van der Waals surface area contributed by atoms with E-state index in [0.717, 1.165) is 51.4 Å². The van der Waals surface area contributed by atoms with Crippen LogP contribution in [0.4, 0.5) is 0 Å². The van der Waals surface area contributed by atoms with E-state index in [-0.39, 0.29) is 12.8 Å². The van der Waals surface area contributed by atoms with Crippen LogP contribution in [0.15, 0.2) is 72.9 Å². The molecule has 0 bridgehead atoms. The van der Waals surface area contributed by atoms with Crippen molar-refractivity contribution in [2.24, 2.45) is 5.73 Å². The molecule has 0 amide bonds. The van der Waals surface area contributed by atoms with Gasteiger partial charge in [-0.05, 0) is 70.6 Å². The number of esters is 2. The number of carboxylic acids is 1. The topological polar surface area (TPSA) is 192 Å². The minimum Gasteiger partial charge on any atom is -0.480 e. The van der Waals surface area contributed by atoms with Crippen molar-refractivity contribution in [3.05, 3.63) is 72.9 Å². The monoisotopic (exact) mass is 795 g/mol. The van der Waals surface area contributed by atoms with Crippen LogP contribution in [0.2, 0.25) is 0 Å². The van der Waals surface area contributed by atoms with Crippen molar-refractivity contribution in [3.8, 4) is 0 Å². The molecular weight excluding hydrogens is 725 g/mol. The molecule has 0 heterocycles. The summed E-state index contributed by atoms with van der Waals surface area (Å²) in [7, 11) is -4.74. The van der Waals surface area contributed by atoms with Crippen molar-refractivity contribution in [3.63, 3.8) is 0 Å². The van der Waals surface area contributed by atoms with Gasteiger partial charge in [-0.3, -0.25) is 23.4 Å². The van der Waals surface area contributed by atoms with Gasteiger partial charge in [-0.1, -0.05) is 125 Å². The number of phosphoric ester groups is 1. The summed E-state index contributed by atoms with van der Waals surface area (Å²) in [6.45, 7) is 2.49. The number of rotatable bonds is 36. The second-order valence-corrected chi connectivity index (χ2v) is 14.7. The van der Waals surface area contributed by atoms with Crippen LogP contribution in [-0.4, -0.2) is 71.1 Å². The van der Waals surface area contributed by atoms with Crippen molar-refractivity contribution in [2.75, 3.05) is 19.8 Å². The number of phosphoric acid groups is 1. The lowest BCUT2D eigenvalue weighted by atomic mass is 10.1. The van der Waals surface area contributed by atoms with Crippen LogP contribution in [0, 0.1) is 0 Å². The first kappa shape index (κ1) is 51.9. The average Bonchev–Trinajstić information content (AvgIpc) is 3.15. The highest BCUT2D eigenvalue weighted by atomic mass is 31.2. The molecule has 0 saturated heterocycles. The number of hydrogen-bond donors (Lipinski definition) is 4. The minimum atomic E-state index is -4.74. The van der Waals surface area contributed by atoms with Crippen molar-refractivity contribution in [2.45, 2.75) is 154 Å². The molecule has 4 atom stereocenters. The predicted octanol–water partition coefficient (Wildman–Crippen LogP) is 9.14. The maximum Gasteiger partial charge on any atom is 0.472 e. The van der Waals surface area contributed by atoms with E-state index in [1.807, 2.05) is 42.5 Å². The van der Waals surface area contributed by atoms with Crippen LogP contribution >= 0.6 is 7.82 Å². The van der Waals surface area contributed by atoms with E-state index in [0.29, 0.717) is 32.1 Å². The van der Waals surface area contributed by atoms with E-state index in [1.54, 1.807) is 6.08 Å². The molecule has 0 aliphatic carbocycles. The Morgan fingerprint density at radius 2 is 1.25 bits per heavy atom. The van der Waals surface area contributed by atoms with Crippen LogP contribution in [0.5, 0.6) is 0 Å². The number of nitrogens with two attached hydrogens (primary N) is 1. The Kier molecular flexibility index (Phi) is 34.4. The molecule has 0 fully saturated rings. The molecular formula is C42H70NO11P. The van der Waals surface area contributed by atoms with Gasteiger partial charge in [-0.25, -0.2) is 4.57 Å². The zero-order chi connectivity index (χ0) is 40.8. The Balaban J connectivity index is 4.60. The molecule has 55 heavy (non-hydrogen) atoms. The first-order valence-electron chi connectivity index (χ1n) is 20.1. The van der Waals surface area contributed by atoms with E-state index < -0.39 is 63.8 Å². The molecule has 12 nitrogen and oxygen atoms in total. The van der Waals surface area contributed by atoms with Crippen molar-refractivity contribution in [1.29, 1.82) is 0 Å². The summed E-state index contributed by atoms with van der Waals surface area (Å²) in [6.07, 6.45) is 38.7. The molecule has 0 aromatic carbocycles. The number of ether oxygens (including phenoxy) is 2. The van der Waals surface area contributed by atoms with Crippen molar-refractivity contribution in [1.82, 2.24) is 0 Å². The fraction of sp³-hybridized carbons (Fsp3) is 0.643. The molecule has 0 aliphatic heterocycles. The lowest BCUT2D eigenvalue weighted by Crippen LogP contribution is -2.34. The highest BCUT2D eigenvalue weighted by molar-refractivity contribution is 7.47. The van der Waals surface area contributed by atoms with E-state index in [4.69, 9.17) is 24.8 Å². The smallest absolute Gasteiger partial charge is 0.472 e. The maximum absolute atomic E-state index is 12.6. The zero-order valence-corrected chi connectivity index (χ0v) is 34.2. The number of carbonyl (C=O) groups excluding carboxylic acids is 2. The van der Waals surface area contributed by atoms with Gasteiger partial charge >= 0.3 is 25.7 Å². The first-order chi connectivity index (χ1) is 26.5. The SMILES string of the molecule is CC/C=C\C/C=C\CC(O)/C=C/C=C\C/C=C\CCCC(=O)OC[C@H](COP(=O)(O)OC[C@H](N)C(=O)O)OC(=O)CCCCCCC/C=C\CCCCCC. The van der Waals surface area contributed by atoms with Crippen molar-refractivity contribution >= 4 is 25.7 Å². The van der Waals surface area contributed by atoms with Gasteiger partial charge in [0.1, 0.15) is 12.6 Å². The van der Waals surface area contributed by atoms with Crippen LogP contribution in [0.1, 0.15) is 136 Å². The average molecular weight is 796 g/mol. The largest absolute Gasteiger partial charge is 0.480 e. The highest BCUT2D eigenvalue weighted by Crippen LogP contribution is 2.43. The summed E-state index contributed by atoms with van der Waals surface area (Å²) < 4.78 is 32.5. The molecule has 5 N–H and O–H groups in total. The fourth-order valence-electron chi connectivity index (χ4n) is 4.82. The van der Waals surface area contributed by atoms with Gasteiger partial charge in [-0.15, -0.1) is 0 Å². The summed E-state index contributed by atoms with van der Waals surface area (Å²) in [5.74, 6) is -2.52. The van der Waals surface area contributed by atoms with Gasteiger partial charge in [0, 0.05) is 12.8 Å². The number of allylic oxidation sites excluding steroid dienone is 10. The molecule has 2 unspecified atom stereocenters. The lowest BCUT2D eigenvalue weighted by molar-refractivity contribution is -0.161. The molecule has 314 valence electrons. The lowest BCUT2D eigenvalue weighted by Gasteiger charge is -2.20. The molecule has 0 aromatic heterocycles. The summed E-state index contributed by atoms with van der Waals surface area (Å²) in [6, 6.07) is -1.54. The Hall–Kier alpha value is -3.12. The van der Waals surface area contributed by atoms with Crippen LogP contribution < -0.4 is 5.73 Å². The van der Waals surface area contributed by atoms with E-state index in [9.17, 15) is 28.9 Å². The maximum atomic E-state index is 12.6. The van der Waals surface area contributed by atoms with Crippen LogP contribution in [0.3, 0.4) is 0 Å². The predicted molar refractivity (Wildman–Crippen MR) is 218 cm³/mol. The standard InChI is InChI=1S/C42H70NO11P/c1-3-5-7-9-11-12-13-14-15-16-21-25-29-33-41(46)54-38(35-52-55(49,50)53-36-39(43)42(47)48)34-51-40(45)32-28-24-20-18-17-19-23-27-31-37(44)30-26-22-10-8-6-4-2/h6,8,12-13,18-20,22-23,26-27,31,37-39,44H,3-5,7,9-11,14-17,21,24-25,28-30,32-36,43H2,1-2H3,(H,47,48)(H,49,50)/b8-6-,13-12-,20-18-,23-19-,26-22-,31-27+/t37?,38-,39+/m1/s1. The van der Waals surface area contributed by atoms with Gasteiger partial charge in [0.05, 0.1) is 19.3 Å². The number of hydrogen-bond acceptors (Lipinski definition) is 10. The van der Waals surface area contributed by atoms with Crippen LogP contribution in [-0.2, 0) is 37.5 Å². The molecule has 0 radical (unpaired) electrons. The highest BCUT2D eigenvalue weighted by Gasteiger charge is 2.28. The number of aliphatic carboxylic acids is 1. The number of carboxylic acid groups (broad SMARTS) is 1.